The first-order valence-corrected chi connectivity index (χ1v) is 7.05. The van der Waals surface area contributed by atoms with Gasteiger partial charge in [0.15, 0.2) is 6.10 Å². The Kier molecular flexibility index (Phi) is 4.85. The molecular weight excluding hydrogens is 260 g/mol. The fourth-order valence-corrected chi connectivity index (χ4v) is 2.50. The zero-order valence-electron chi connectivity index (χ0n) is 11.1. The molecule has 1 saturated heterocycles. The van der Waals surface area contributed by atoms with Gasteiger partial charge in [-0.1, -0.05) is 30.3 Å². The molecule has 1 aliphatic heterocycles. The molecule has 104 valence electrons. The molecule has 2 rings (SSSR count). The van der Waals surface area contributed by atoms with E-state index in [2.05, 4.69) is 17.5 Å². The molecule has 19 heavy (non-hydrogen) atoms. The number of nitrogens with zero attached hydrogens (tertiary/aromatic N) is 2. The van der Waals surface area contributed by atoms with Crippen molar-refractivity contribution in [3.8, 4) is 0 Å². The lowest BCUT2D eigenvalue weighted by molar-refractivity contribution is -0.142. The molecule has 0 bridgehead atoms. The van der Waals surface area contributed by atoms with Crippen LogP contribution in [0.25, 0.3) is 0 Å². The largest absolute Gasteiger partial charge is 0.378 e. The molecule has 1 fully saturated rings. The summed E-state index contributed by atoms with van der Waals surface area (Å²) >= 11 is 4.39. The van der Waals surface area contributed by atoms with Gasteiger partial charge in [0, 0.05) is 26.2 Å². The van der Waals surface area contributed by atoms with Crippen molar-refractivity contribution in [3.05, 3.63) is 35.9 Å². The van der Waals surface area contributed by atoms with E-state index in [4.69, 9.17) is 0 Å². The van der Waals surface area contributed by atoms with Gasteiger partial charge in [-0.3, -0.25) is 9.69 Å². The molecule has 1 aromatic carbocycles. The first kappa shape index (κ1) is 14.4. The van der Waals surface area contributed by atoms with Crippen LogP contribution >= 0.6 is 12.6 Å². The SMILES string of the molecule is CC(S)N1CCN(C(=O)C(O)c2ccccc2)CC1. The van der Waals surface area contributed by atoms with Crippen LogP contribution in [0, 0.1) is 0 Å². The molecule has 0 spiro atoms. The Hall–Kier alpha value is -1.04. The quantitative estimate of drug-likeness (QED) is 0.816. The summed E-state index contributed by atoms with van der Waals surface area (Å²) in [7, 11) is 0. The topological polar surface area (TPSA) is 43.8 Å². The highest BCUT2D eigenvalue weighted by Crippen LogP contribution is 2.17. The highest BCUT2D eigenvalue weighted by atomic mass is 32.1. The fraction of sp³-hybridized carbons (Fsp3) is 0.500. The summed E-state index contributed by atoms with van der Waals surface area (Å²) in [6, 6.07) is 9.06. The zero-order valence-corrected chi connectivity index (χ0v) is 12.0. The second-order valence-corrected chi connectivity index (χ2v) is 5.55. The second-order valence-electron chi connectivity index (χ2n) is 4.81. The third kappa shape index (κ3) is 3.49. The van der Waals surface area contributed by atoms with Gasteiger partial charge in [0.1, 0.15) is 0 Å². The van der Waals surface area contributed by atoms with E-state index in [-0.39, 0.29) is 11.3 Å². The maximum atomic E-state index is 12.2. The summed E-state index contributed by atoms with van der Waals surface area (Å²) in [5.41, 5.74) is 0.650. The third-order valence-corrected chi connectivity index (χ3v) is 3.83. The average Bonchev–Trinajstić information content (AvgIpc) is 2.46. The highest BCUT2D eigenvalue weighted by molar-refractivity contribution is 7.80. The molecule has 0 aliphatic carbocycles. The van der Waals surface area contributed by atoms with Gasteiger partial charge >= 0.3 is 0 Å². The van der Waals surface area contributed by atoms with Crippen molar-refractivity contribution < 1.29 is 9.90 Å². The van der Waals surface area contributed by atoms with Gasteiger partial charge in [-0.15, -0.1) is 0 Å². The summed E-state index contributed by atoms with van der Waals surface area (Å²) in [5, 5.41) is 10.3. The van der Waals surface area contributed by atoms with E-state index < -0.39 is 6.10 Å². The molecule has 5 heteroatoms. The van der Waals surface area contributed by atoms with Crippen molar-refractivity contribution in [2.24, 2.45) is 0 Å². The molecule has 0 saturated carbocycles. The van der Waals surface area contributed by atoms with E-state index in [0.717, 1.165) is 13.1 Å². The third-order valence-electron chi connectivity index (χ3n) is 3.50. The van der Waals surface area contributed by atoms with E-state index in [1.54, 1.807) is 17.0 Å². The van der Waals surface area contributed by atoms with Gasteiger partial charge in [0.05, 0.1) is 5.37 Å². The summed E-state index contributed by atoms with van der Waals surface area (Å²) < 4.78 is 0. The van der Waals surface area contributed by atoms with Gasteiger partial charge in [-0.25, -0.2) is 0 Å². The number of aliphatic hydroxyl groups excluding tert-OH is 1. The average molecular weight is 280 g/mol. The van der Waals surface area contributed by atoms with E-state index in [1.807, 2.05) is 25.1 Å². The smallest absolute Gasteiger partial charge is 0.256 e. The summed E-state index contributed by atoms with van der Waals surface area (Å²) in [6.07, 6.45) is -1.05. The van der Waals surface area contributed by atoms with Crippen molar-refractivity contribution in [1.29, 1.82) is 0 Å². The van der Waals surface area contributed by atoms with Crippen molar-refractivity contribution in [2.75, 3.05) is 26.2 Å². The van der Waals surface area contributed by atoms with Crippen LogP contribution in [-0.2, 0) is 4.79 Å². The predicted molar refractivity (Wildman–Crippen MR) is 78.0 cm³/mol. The standard InChI is InChI=1S/C14H20N2O2S/c1-11(19)15-7-9-16(10-8-15)14(18)13(17)12-5-3-2-4-6-12/h2-6,11,13,17,19H,7-10H2,1H3. The van der Waals surface area contributed by atoms with Crippen LogP contribution in [0.2, 0.25) is 0 Å². The van der Waals surface area contributed by atoms with Crippen LogP contribution in [0.15, 0.2) is 30.3 Å². The Morgan fingerprint density at radius 2 is 1.79 bits per heavy atom. The molecule has 1 N–H and O–H groups in total. The number of benzene rings is 1. The van der Waals surface area contributed by atoms with Crippen LogP contribution in [0.1, 0.15) is 18.6 Å². The Bertz CT molecular complexity index is 417. The number of carbonyl (C=O) groups is 1. The normalized spacial score (nSPS) is 20.1. The van der Waals surface area contributed by atoms with Gasteiger partial charge < -0.3 is 10.0 Å². The monoisotopic (exact) mass is 280 g/mol. The lowest BCUT2D eigenvalue weighted by atomic mass is 10.1. The van der Waals surface area contributed by atoms with Gasteiger partial charge in [0.2, 0.25) is 0 Å². The minimum atomic E-state index is -1.05. The van der Waals surface area contributed by atoms with Gasteiger partial charge in [-0.05, 0) is 12.5 Å². The van der Waals surface area contributed by atoms with E-state index >= 15 is 0 Å². The molecule has 0 radical (unpaired) electrons. The Morgan fingerprint density at radius 1 is 1.21 bits per heavy atom. The number of hydrogen-bond donors (Lipinski definition) is 2. The number of amides is 1. The van der Waals surface area contributed by atoms with Crippen molar-refractivity contribution in [2.45, 2.75) is 18.4 Å². The Balaban J connectivity index is 1.94. The first-order chi connectivity index (χ1) is 9.09. The van der Waals surface area contributed by atoms with Crippen LogP contribution in [0.5, 0.6) is 0 Å². The van der Waals surface area contributed by atoms with Crippen molar-refractivity contribution in [3.63, 3.8) is 0 Å². The Morgan fingerprint density at radius 3 is 2.32 bits per heavy atom. The summed E-state index contributed by atoms with van der Waals surface area (Å²) in [4.78, 5) is 16.1. The number of carbonyl (C=O) groups excluding carboxylic acids is 1. The van der Waals surface area contributed by atoms with Crippen LogP contribution in [-0.4, -0.2) is 52.4 Å². The van der Waals surface area contributed by atoms with Crippen molar-refractivity contribution >= 4 is 18.5 Å². The van der Waals surface area contributed by atoms with E-state index in [9.17, 15) is 9.90 Å². The number of rotatable bonds is 3. The molecule has 1 aliphatic rings. The lowest BCUT2D eigenvalue weighted by Gasteiger charge is -2.37. The summed E-state index contributed by atoms with van der Waals surface area (Å²) in [6.45, 7) is 4.93. The molecule has 1 heterocycles. The molecule has 4 nitrogen and oxygen atoms in total. The maximum absolute atomic E-state index is 12.2. The van der Waals surface area contributed by atoms with Crippen LogP contribution in [0.3, 0.4) is 0 Å². The molecular formula is C14H20N2O2S. The Labute approximate surface area is 119 Å². The second kappa shape index (κ2) is 6.41. The van der Waals surface area contributed by atoms with Crippen LogP contribution < -0.4 is 0 Å². The molecule has 2 atom stereocenters. The number of piperazine rings is 1. The highest BCUT2D eigenvalue weighted by Gasteiger charge is 2.27. The van der Waals surface area contributed by atoms with E-state index in [1.165, 1.54) is 0 Å². The van der Waals surface area contributed by atoms with Gasteiger partial charge in [-0.2, -0.15) is 12.6 Å². The molecule has 2 unspecified atom stereocenters. The number of hydrogen-bond acceptors (Lipinski definition) is 4. The number of thiol groups is 1. The zero-order chi connectivity index (χ0) is 13.8. The maximum Gasteiger partial charge on any atom is 0.256 e. The van der Waals surface area contributed by atoms with Gasteiger partial charge in [0.25, 0.3) is 5.91 Å². The number of aliphatic hydroxyl groups is 1. The molecule has 1 amide bonds. The van der Waals surface area contributed by atoms with Crippen molar-refractivity contribution in [1.82, 2.24) is 9.80 Å². The molecule has 1 aromatic rings. The lowest BCUT2D eigenvalue weighted by Crippen LogP contribution is -2.51. The van der Waals surface area contributed by atoms with E-state index in [0.29, 0.717) is 18.7 Å². The van der Waals surface area contributed by atoms with Crippen LogP contribution in [0.4, 0.5) is 0 Å². The minimum absolute atomic E-state index is 0.205. The fourth-order valence-electron chi connectivity index (χ4n) is 2.27. The summed E-state index contributed by atoms with van der Waals surface area (Å²) in [5.74, 6) is -0.210. The predicted octanol–water partition coefficient (Wildman–Crippen LogP) is 1.14. The minimum Gasteiger partial charge on any atom is -0.378 e. The first-order valence-electron chi connectivity index (χ1n) is 6.53. The molecule has 0 aromatic heterocycles.